The lowest BCUT2D eigenvalue weighted by Crippen LogP contribution is -1.81. The van der Waals surface area contributed by atoms with Crippen LogP contribution in [-0.2, 0) is 0 Å². The van der Waals surface area contributed by atoms with Gasteiger partial charge in [-0.05, 0) is 41.5 Å². The summed E-state index contributed by atoms with van der Waals surface area (Å²) >= 11 is 9.34. The normalized spacial score (nSPS) is 10.3. The van der Waals surface area contributed by atoms with Crippen LogP contribution >= 0.6 is 27.5 Å². The van der Waals surface area contributed by atoms with Crippen LogP contribution in [0.25, 0.3) is 11.1 Å². The average molecular weight is 286 g/mol. The van der Waals surface area contributed by atoms with Crippen molar-refractivity contribution in [3.05, 3.63) is 57.8 Å². The van der Waals surface area contributed by atoms with Crippen LogP contribution in [0.5, 0.6) is 0 Å². The minimum Gasteiger partial charge on any atom is -0.207 e. The van der Waals surface area contributed by atoms with Crippen molar-refractivity contribution in [3.63, 3.8) is 0 Å². The third-order valence-corrected chi connectivity index (χ3v) is 3.01. The van der Waals surface area contributed by atoms with Crippen LogP contribution in [0.3, 0.4) is 0 Å². The van der Waals surface area contributed by atoms with E-state index in [1.165, 1.54) is 12.1 Å². The molecule has 2 aromatic carbocycles. The Morgan fingerprint density at radius 2 is 1.67 bits per heavy atom. The summed E-state index contributed by atoms with van der Waals surface area (Å²) in [5, 5.41) is 0.664. The van der Waals surface area contributed by atoms with Crippen molar-refractivity contribution in [2.75, 3.05) is 0 Å². The molecule has 0 saturated carbocycles. The Hall–Kier alpha value is -0.860. The van der Waals surface area contributed by atoms with Crippen LogP contribution in [0.2, 0.25) is 5.02 Å². The molecule has 2 rings (SSSR count). The molecule has 15 heavy (non-hydrogen) atoms. The molecule has 0 aliphatic carbocycles. The lowest BCUT2D eigenvalue weighted by Gasteiger charge is -2.05. The first-order valence-electron chi connectivity index (χ1n) is 4.38. The molecule has 0 fully saturated rings. The molecule has 3 heteroatoms. The van der Waals surface area contributed by atoms with Gasteiger partial charge in [-0.25, -0.2) is 4.39 Å². The maximum Gasteiger partial charge on any atom is 0.123 e. The molecule has 0 bridgehead atoms. The number of halogens is 3. The van der Waals surface area contributed by atoms with E-state index in [0.29, 0.717) is 5.02 Å². The van der Waals surface area contributed by atoms with Crippen molar-refractivity contribution in [2.45, 2.75) is 0 Å². The van der Waals surface area contributed by atoms with Crippen LogP contribution in [0.4, 0.5) is 4.39 Å². The first-order chi connectivity index (χ1) is 7.16. The van der Waals surface area contributed by atoms with E-state index in [1.807, 2.05) is 12.1 Å². The van der Waals surface area contributed by atoms with Gasteiger partial charge in [0.1, 0.15) is 5.82 Å². The SMILES string of the molecule is Fc1ccc(-c2cc(Cl)ccc2Br)cc1. The summed E-state index contributed by atoms with van der Waals surface area (Å²) in [7, 11) is 0. The fraction of sp³-hybridized carbons (Fsp3) is 0. The largest absolute Gasteiger partial charge is 0.207 e. The van der Waals surface area contributed by atoms with Crippen LogP contribution < -0.4 is 0 Å². The van der Waals surface area contributed by atoms with Gasteiger partial charge in [-0.15, -0.1) is 0 Å². The number of hydrogen-bond donors (Lipinski definition) is 0. The standard InChI is InChI=1S/C12H7BrClF/c13-12-6-3-9(14)7-11(12)8-1-4-10(15)5-2-8/h1-7H. The third kappa shape index (κ3) is 2.39. The summed E-state index contributed by atoms with van der Waals surface area (Å²) in [4.78, 5) is 0. The zero-order chi connectivity index (χ0) is 10.8. The van der Waals surface area contributed by atoms with Gasteiger partial charge in [0.2, 0.25) is 0 Å². The second kappa shape index (κ2) is 4.33. The maximum absolute atomic E-state index is 12.7. The second-order valence-corrected chi connectivity index (χ2v) is 4.42. The minimum atomic E-state index is -0.239. The van der Waals surface area contributed by atoms with Crippen LogP contribution in [0, 0.1) is 5.82 Å². The lowest BCUT2D eigenvalue weighted by molar-refractivity contribution is 0.628. The van der Waals surface area contributed by atoms with Gasteiger partial charge in [0, 0.05) is 9.50 Å². The topological polar surface area (TPSA) is 0 Å². The molecule has 0 aliphatic heterocycles. The molecule has 0 unspecified atom stereocenters. The molecule has 2 aromatic rings. The molecule has 0 aromatic heterocycles. The van der Waals surface area contributed by atoms with E-state index in [1.54, 1.807) is 18.2 Å². The molecule has 0 saturated heterocycles. The lowest BCUT2D eigenvalue weighted by atomic mass is 10.1. The first-order valence-corrected chi connectivity index (χ1v) is 5.55. The van der Waals surface area contributed by atoms with Crippen molar-refractivity contribution in [1.82, 2.24) is 0 Å². The molecule has 0 atom stereocenters. The predicted octanol–water partition coefficient (Wildman–Crippen LogP) is 4.91. The highest BCUT2D eigenvalue weighted by Crippen LogP contribution is 2.30. The van der Waals surface area contributed by atoms with E-state index in [-0.39, 0.29) is 5.82 Å². The van der Waals surface area contributed by atoms with Crippen molar-refractivity contribution in [1.29, 1.82) is 0 Å². The van der Waals surface area contributed by atoms with E-state index >= 15 is 0 Å². The van der Waals surface area contributed by atoms with Gasteiger partial charge in [-0.2, -0.15) is 0 Å². The number of benzene rings is 2. The Morgan fingerprint density at radius 1 is 1.00 bits per heavy atom. The number of rotatable bonds is 1. The van der Waals surface area contributed by atoms with Gasteiger partial charge in [0.25, 0.3) is 0 Å². The predicted molar refractivity (Wildman–Crippen MR) is 64.5 cm³/mol. The van der Waals surface area contributed by atoms with Crippen molar-refractivity contribution >= 4 is 27.5 Å². The van der Waals surface area contributed by atoms with Crippen LogP contribution in [0.15, 0.2) is 46.9 Å². The van der Waals surface area contributed by atoms with Crippen molar-refractivity contribution in [2.24, 2.45) is 0 Å². The molecule has 0 radical (unpaired) electrons. The van der Waals surface area contributed by atoms with Crippen LogP contribution in [0.1, 0.15) is 0 Å². The second-order valence-electron chi connectivity index (χ2n) is 3.13. The van der Waals surface area contributed by atoms with Crippen molar-refractivity contribution < 1.29 is 4.39 Å². The zero-order valence-corrected chi connectivity index (χ0v) is 10.0. The highest BCUT2D eigenvalue weighted by molar-refractivity contribution is 9.10. The van der Waals surface area contributed by atoms with Crippen molar-refractivity contribution in [3.8, 4) is 11.1 Å². The third-order valence-electron chi connectivity index (χ3n) is 2.08. The van der Waals surface area contributed by atoms with Crippen LogP contribution in [-0.4, -0.2) is 0 Å². The van der Waals surface area contributed by atoms with Gasteiger partial charge in [-0.1, -0.05) is 39.7 Å². The van der Waals surface area contributed by atoms with E-state index in [9.17, 15) is 4.39 Å². The quantitative estimate of drug-likeness (QED) is 0.698. The first kappa shape index (κ1) is 10.7. The highest BCUT2D eigenvalue weighted by atomic mass is 79.9. The monoisotopic (exact) mass is 284 g/mol. The summed E-state index contributed by atoms with van der Waals surface area (Å²) in [6.45, 7) is 0. The smallest absolute Gasteiger partial charge is 0.123 e. The Morgan fingerprint density at radius 3 is 2.33 bits per heavy atom. The Kier molecular flexibility index (Phi) is 3.08. The molecular formula is C12H7BrClF. The fourth-order valence-corrected chi connectivity index (χ4v) is 2.00. The molecule has 76 valence electrons. The summed E-state index contributed by atoms with van der Waals surface area (Å²) < 4.78 is 13.7. The zero-order valence-electron chi connectivity index (χ0n) is 7.68. The minimum absolute atomic E-state index is 0.239. The molecule has 0 spiro atoms. The van der Waals surface area contributed by atoms with E-state index < -0.39 is 0 Å². The van der Waals surface area contributed by atoms with Gasteiger partial charge in [0.15, 0.2) is 0 Å². The summed E-state index contributed by atoms with van der Waals surface area (Å²) in [6, 6.07) is 11.8. The Balaban J connectivity index is 2.53. The molecule has 0 heterocycles. The van der Waals surface area contributed by atoms with E-state index in [4.69, 9.17) is 11.6 Å². The molecule has 0 aliphatic rings. The molecule has 0 nitrogen and oxygen atoms in total. The summed E-state index contributed by atoms with van der Waals surface area (Å²) in [5.41, 5.74) is 1.90. The van der Waals surface area contributed by atoms with Gasteiger partial charge >= 0.3 is 0 Å². The summed E-state index contributed by atoms with van der Waals surface area (Å²) in [6.07, 6.45) is 0. The van der Waals surface area contributed by atoms with E-state index in [0.717, 1.165) is 15.6 Å². The van der Waals surface area contributed by atoms with Gasteiger partial charge in [-0.3, -0.25) is 0 Å². The highest BCUT2D eigenvalue weighted by Gasteiger charge is 2.03. The van der Waals surface area contributed by atoms with Gasteiger partial charge in [0.05, 0.1) is 0 Å². The van der Waals surface area contributed by atoms with Gasteiger partial charge < -0.3 is 0 Å². The maximum atomic E-state index is 12.7. The molecular weight excluding hydrogens is 278 g/mol. The average Bonchev–Trinajstić information content (AvgIpc) is 2.23. The van der Waals surface area contributed by atoms with E-state index in [2.05, 4.69) is 15.9 Å². The summed E-state index contributed by atoms with van der Waals surface area (Å²) in [5.74, 6) is -0.239. The Labute approximate surface area is 101 Å². The molecule has 0 N–H and O–H groups in total. The number of hydrogen-bond acceptors (Lipinski definition) is 0. The fourth-order valence-electron chi connectivity index (χ4n) is 1.35. The molecule has 0 amide bonds. The Bertz CT molecular complexity index is 479.